The Labute approximate surface area is 92.8 Å². The SMILES string of the molecule is CNC1CCN(C2CCCCCC2O)C1. The zero-order valence-corrected chi connectivity index (χ0v) is 9.78. The minimum atomic E-state index is -0.0805. The first kappa shape index (κ1) is 11.4. The monoisotopic (exact) mass is 212 g/mol. The van der Waals surface area contributed by atoms with Crippen molar-refractivity contribution < 1.29 is 5.11 Å². The smallest absolute Gasteiger partial charge is 0.0695 e. The lowest BCUT2D eigenvalue weighted by molar-refractivity contribution is 0.0559. The highest BCUT2D eigenvalue weighted by molar-refractivity contribution is 4.89. The lowest BCUT2D eigenvalue weighted by Gasteiger charge is -2.30. The van der Waals surface area contributed by atoms with Crippen molar-refractivity contribution in [3.05, 3.63) is 0 Å². The van der Waals surface area contributed by atoms with Crippen molar-refractivity contribution in [2.45, 2.75) is 56.7 Å². The lowest BCUT2D eigenvalue weighted by Crippen LogP contribution is -2.43. The number of aliphatic hydroxyl groups is 1. The van der Waals surface area contributed by atoms with Gasteiger partial charge in [-0.05, 0) is 26.3 Å². The summed E-state index contributed by atoms with van der Waals surface area (Å²) < 4.78 is 0. The Bertz CT molecular complexity index is 198. The van der Waals surface area contributed by atoms with E-state index in [1.54, 1.807) is 0 Å². The molecule has 15 heavy (non-hydrogen) atoms. The Morgan fingerprint density at radius 2 is 1.93 bits per heavy atom. The van der Waals surface area contributed by atoms with Crippen molar-refractivity contribution in [2.24, 2.45) is 0 Å². The van der Waals surface area contributed by atoms with Crippen LogP contribution in [-0.4, -0.2) is 48.3 Å². The normalized spacial score (nSPS) is 39.2. The van der Waals surface area contributed by atoms with E-state index in [1.807, 2.05) is 7.05 Å². The molecule has 1 aliphatic heterocycles. The molecule has 2 rings (SSSR count). The van der Waals surface area contributed by atoms with E-state index < -0.39 is 0 Å². The van der Waals surface area contributed by atoms with Crippen LogP contribution in [0.3, 0.4) is 0 Å². The predicted octanol–water partition coefficient (Wildman–Crippen LogP) is 0.974. The molecule has 1 saturated heterocycles. The number of likely N-dealkylation sites (N-methyl/N-ethyl adjacent to an activating group) is 1. The summed E-state index contributed by atoms with van der Waals surface area (Å²) in [6, 6.07) is 1.08. The molecule has 0 bridgehead atoms. The first-order chi connectivity index (χ1) is 7.31. The van der Waals surface area contributed by atoms with Gasteiger partial charge in [-0.1, -0.05) is 19.3 Å². The van der Waals surface area contributed by atoms with Crippen molar-refractivity contribution in [1.29, 1.82) is 0 Å². The van der Waals surface area contributed by atoms with Crippen molar-refractivity contribution >= 4 is 0 Å². The zero-order chi connectivity index (χ0) is 10.7. The fraction of sp³-hybridized carbons (Fsp3) is 1.00. The molecule has 3 heteroatoms. The van der Waals surface area contributed by atoms with Gasteiger partial charge in [-0.15, -0.1) is 0 Å². The third-order valence-electron chi connectivity index (χ3n) is 4.04. The number of nitrogens with one attached hydrogen (secondary N) is 1. The summed E-state index contributed by atoms with van der Waals surface area (Å²) >= 11 is 0. The molecule has 3 unspecified atom stereocenters. The predicted molar refractivity (Wildman–Crippen MR) is 61.9 cm³/mol. The van der Waals surface area contributed by atoms with Gasteiger partial charge in [-0.2, -0.15) is 0 Å². The quantitative estimate of drug-likeness (QED) is 0.670. The summed E-state index contributed by atoms with van der Waals surface area (Å²) in [5, 5.41) is 13.4. The van der Waals surface area contributed by atoms with Crippen molar-refractivity contribution in [2.75, 3.05) is 20.1 Å². The van der Waals surface area contributed by atoms with E-state index in [0.717, 1.165) is 19.5 Å². The Hall–Kier alpha value is -0.120. The Morgan fingerprint density at radius 3 is 2.67 bits per heavy atom. The topological polar surface area (TPSA) is 35.5 Å². The standard InChI is InChI=1S/C12H24N2O/c1-13-10-7-8-14(9-10)11-5-3-2-4-6-12(11)15/h10-13,15H,2-9H2,1H3. The third-order valence-corrected chi connectivity index (χ3v) is 4.04. The van der Waals surface area contributed by atoms with E-state index in [4.69, 9.17) is 0 Å². The summed E-state index contributed by atoms with van der Waals surface area (Å²) in [5.41, 5.74) is 0. The number of hydrogen-bond donors (Lipinski definition) is 2. The van der Waals surface area contributed by atoms with Gasteiger partial charge >= 0.3 is 0 Å². The zero-order valence-electron chi connectivity index (χ0n) is 9.78. The third kappa shape index (κ3) is 2.71. The van der Waals surface area contributed by atoms with Gasteiger partial charge in [-0.25, -0.2) is 0 Å². The van der Waals surface area contributed by atoms with E-state index >= 15 is 0 Å². The highest BCUT2D eigenvalue weighted by atomic mass is 16.3. The molecule has 88 valence electrons. The molecule has 3 atom stereocenters. The number of rotatable bonds is 2. The first-order valence-electron chi connectivity index (χ1n) is 6.40. The summed E-state index contributed by atoms with van der Waals surface area (Å²) in [5.74, 6) is 0. The van der Waals surface area contributed by atoms with E-state index in [1.165, 1.54) is 32.1 Å². The molecular weight excluding hydrogens is 188 g/mol. The lowest BCUT2D eigenvalue weighted by atomic mass is 10.0. The minimum Gasteiger partial charge on any atom is -0.391 e. The van der Waals surface area contributed by atoms with Crippen LogP contribution in [0.25, 0.3) is 0 Å². The van der Waals surface area contributed by atoms with Crippen LogP contribution in [0.5, 0.6) is 0 Å². The molecule has 0 aromatic rings. The van der Waals surface area contributed by atoms with E-state index in [9.17, 15) is 5.11 Å². The summed E-state index contributed by atoms with van der Waals surface area (Å²) in [6.45, 7) is 2.28. The van der Waals surface area contributed by atoms with Crippen LogP contribution >= 0.6 is 0 Å². The van der Waals surface area contributed by atoms with Gasteiger partial charge in [0.1, 0.15) is 0 Å². The van der Waals surface area contributed by atoms with Gasteiger partial charge in [-0.3, -0.25) is 4.90 Å². The highest BCUT2D eigenvalue weighted by Gasteiger charge is 2.32. The van der Waals surface area contributed by atoms with Crippen LogP contribution in [0.2, 0.25) is 0 Å². The molecule has 1 heterocycles. The maximum absolute atomic E-state index is 10.1. The fourth-order valence-electron chi connectivity index (χ4n) is 3.02. The molecule has 1 saturated carbocycles. The van der Waals surface area contributed by atoms with Gasteiger partial charge in [0.15, 0.2) is 0 Å². The van der Waals surface area contributed by atoms with E-state index in [-0.39, 0.29) is 6.10 Å². The van der Waals surface area contributed by atoms with E-state index in [2.05, 4.69) is 10.2 Å². The maximum Gasteiger partial charge on any atom is 0.0695 e. The Balaban J connectivity index is 1.90. The Kier molecular flexibility index (Phi) is 4.00. The van der Waals surface area contributed by atoms with Gasteiger partial charge in [0, 0.05) is 25.2 Å². The first-order valence-corrected chi connectivity index (χ1v) is 6.40. The average molecular weight is 212 g/mol. The van der Waals surface area contributed by atoms with Crippen LogP contribution in [0.4, 0.5) is 0 Å². The second-order valence-corrected chi connectivity index (χ2v) is 5.04. The van der Waals surface area contributed by atoms with Crippen LogP contribution < -0.4 is 5.32 Å². The number of aliphatic hydroxyl groups excluding tert-OH is 1. The Morgan fingerprint density at radius 1 is 1.13 bits per heavy atom. The molecule has 2 fully saturated rings. The van der Waals surface area contributed by atoms with Crippen LogP contribution in [0.15, 0.2) is 0 Å². The number of hydrogen-bond acceptors (Lipinski definition) is 3. The highest BCUT2D eigenvalue weighted by Crippen LogP contribution is 2.25. The molecule has 0 radical (unpaired) electrons. The largest absolute Gasteiger partial charge is 0.391 e. The molecule has 0 aromatic heterocycles. The summed E-state index contributed by atoms with van der Waals surface area (Å²) in [6.07, 6.45) is 7.16. The molecule has 0 spiro atoms. The molecule has 1 aliphatic carbocycles. The van der Waals surface area contributed by atoms with Gasteiger partial charge in [0.25, 0.3) is 0 Å². The van der Waals surface area contributed by atoms with Crippen LogP contribution in [-0.2, 0) is 0 Å². The molecule has 2 N–H and O–H groups in total. The maximum atomic E-state index is 10.1. The van der Waals surface area contributed by atoms with Crippen molar-refractivity contribution in [1.82, 2.24) is 10.2 Å². The molecule has 3 nitrogen and oxygen atoms in total. The molecule has 0 aromatic carbocycles. The summed E-state index contributed by atoms with van der Waals surface area (Å²) in [4.78, 5) is 2.50. The molecule has 0 amide bonds. The van der Waals surface area contributed by atoms with Gasteiger partial charge < -0.3 is 10.4 Å². The second kappa shape index (κ2) is 5.28. The van der Waals surface area contributed by atoms with Gasteiger partial charge in [0.2, 0.25) is 0 Å². The average Bonchev–Trinajstić information content (AvgIpc) is 2.62. The minimum absolute atomic E-state index is 0.0805. The second-order valence-electron chi connectivity index (χ2n) is 5.04. The van der Waals surface area contributed by atoms with Crippen molar-refractivity contribution in [3.8, 4) is 0 Å². The van der Waals surface area contributed by atoms with E-state index in [0.29, 0.717) is 12.1 Å². The van der Waals surface area contributed by atoms with Gasteiger partial charge in [0.05, 0.1) is 6.10 Å². The van der Waals surface area contributed by atoms with Crippen molar-refractivity contribution in [3.63, 3.8) is 0 Å². The van der Waals surface area contributed by atoms with Crippen LogP contribution in [0, 0.1) is 0 Å². The number of nitrogens with zero attached hydrogens (tertiary/aromatic N) is 1. The van der Waals surface area contributed by atoms with Crippen LogP contribution in [0.1, 0.15) is 38.5 Å². The molecular formula is C12H24N2O. The fourth-order valence-corrected chi connectivity index (χ4v) is 3.02. The summed E-state index contributed by atoms with van der Waals surface area (Å²) in [7, 11) is 2.04. The molecule has 2 aliphatic rings. The number of likely N-dealkylation sites (tertiary alicyclic amines) is 1.